The average molecular weight is 335 g/mol. The van der Waals surface area contributed by atoms with Crippen molar-refractivity contribution in [3.8, 4) is 5.75 Å². The van der Waals surface area contributed by atoms with Crippen LogP contribution < -0.4 is 4.74 Å². The summed E-state index contributed by atoms with van der Waals surface area (Å²) in [5.74, 6) is -0.0278. The number of benzene rings is 1. The molecular weight excluding hydrogens is 323 g/mol. The minimum atomic E-state index is -4.81. The van der Waals surface area contributed by atoms with E-state index in [1.165, 1.54) is 12.1 Å². The predicted molar refractivity (Wildman–Crippen MR) is 68.8 cm³/mol. The highest BCUT2D eigenvalue weighted by Gasteiger charge is 2.48. The smallest absolute Gasteiger partial charge is 0.431 e. The number of nitro groups is 1. The number of alkyl halides is 3. The van der Waals surface area contributed by atoms with Crippen LogP contribution in [-0.4, -0.2) is 29.6 Å². The van der Waals surface area contributed by atoms with Crippen molar-refractivity contribution in [3.05, 3.63) is 34.4 Å². The SMILES string of the molecule is O=C(OCC1(OC(F)(F)F)CCC1)Oc1ccc([N+](=O)[O-])cc1. The maximum atomic E-state index is 12.3. The van der Waals surface area contributed by atoms with E-state index in [1.807, 2.05) is 0 Å². The molecular formula is C13H12F3NO6. The molecule has 1 aliphatic rings. The van der Waals surface area contributed by atoms with Crippen molar-refractivity contribution in [1.82, 2.24) is 0 Å². The maximum absolute atomic E-state index is 12.3. The predicted octanol–water partition coefficient (Wildman–Crippen LogP) is 3.57. The Labute approximate surface area is 128 Å². The summed E-state index contributed by atoms with van der Waals surface area (Å²) in [6, 6.07) is 4.57. The Morgan fingerprint density at radius 3 is 2.30 bits per heavy atom. The van der Waals surface area contributed by atoms with E-state index in [1.54, 1.807) is 0 Å². The van der Waals surface area contributed by atoms with Crippen LogP contribution in [-0.2, 0) is 9.47 Å². The minimum Gasteiger partial charge on any atom is -0.431 e. The summed E-state index contributed by atoms with van der Waals surface area (Å²) >= 11 is 0. The monoisotopic (exact) mass is 335 g/mol. The van der Waals surface area contributed by atoms with E-state index < -0.39 is 29.6 Å². The molecule has 0 saturated heterocycles. The van der Waals surface area contributed by atoms with E-state index in [9.17, 15) is 28.1 Å². The van der Waals surface area contributed by atoms with Crippen LogP contribution in [0.25, 0.3) is 0 Å². The van der Waals surface area contributed by atoms with Crippen molar-refractivity contribution >= 4 is 11.8 Å². The number of nitrogens with zero attached hydrogens (tertiary/aromatic N) is 1. The zero-order valence-corrected chi connectivity index (χ0v) is 11.7. The van der Waals surface area contributed by atoms with E-state index in [-0.39, 0.29) is 24.3 Å². The van der Waals surface area contributed by atoms with E-state index in [2.05, 4.69) is 9.47 Å². The quantitative estimate of drug-likeness (QED) is 0.354. The number of nitro benzene ring substituents is 1. The first-order valence-corrected chi connectivity index (χ1v) is 6.55. The van der Waals surface area contributed by atoms with Crippen LogP contribution in [0.1, 0.15) is 19.3 Å². The summed E-state index contributed by atoms with van der Waals surface area (Å²) in [7, 11) is 0. The molecule has 0 N–H and O–H groups in total. The van der Waals surface area contributed by atoms with E-state index >= 15 is 0 Å². The molecule has 0 aromatic heterocycles. The Morgan fingerprint density at radius 2 is 1.87 bits per heavy atom. The maximum Gasteiger partial charge on any atom is 0.523 e. The van der Waals surface area contributed by atoms with Crippen molar-refractivity contribution < 1.29 is 37.1 Å². The third kappa shape index (κ3) is 4.81. The normalized spacial score (nSPS) is 16.3. The number of ether oxygens (including phenoxy) is 3. The Morgan fingerprint density at radius 1 is 1.26 bits per heavy atom. The van der Waals surface area contributed by atoms with Gasteiger partial charge in [0, 0.05) is 12.1 Å². The second-order valence-electron chi connectivity index (χ2n) is 4.98. The van der Waals surface area contributed by atoms with Crippen LogP contribution >= 0.6 is 0 Å². The van der Waals surface area contributed by atoms with Gasteiger partial charge in [0.25, 0.3) is 5.69 Å². The molecule has 0 heterocycles. The summed E-state index contributed by atoms with van der Waals surface area (Å²) in [5, 5.41) is 10.5. The summed E-state index contributed by atoms with van der Waals surface area (Å²) in [6.45, 7) is -0.585. The first kappa shape index (κ1) is 17.0. The highest BCUT2D eigenvalue weighted by Crippen LogP contribution is 2.40. The van der Waals surface area contributed by atoms with Crippen molar-refractivity contribution in [2.75, 3.05) is 6.61 Å². The average Bonchev–Trinajstić information content (AvgIpc) is 2.41. The zero-order chi connectivity index (χ0) is 17.1. The first-order valence-electron chi connectivity index (χ1n) is 6.55. The lowest BCUT2D eigenvalue weighted by molar-refractivity contribution is -0.384. The van der Waals surface area contributed by atoms with Crippen molar-refractivity contribution in [3.63, 3.8) is 0 Å². The molecule has 0 aliphatic heterocycles. The van der Waals surface area contributed by atoms with Crippen LogP contribution in [0.4, 0.5) is 23.7 Å². The van der Waals surface area contributed by atoms with Crippen molar-refractivity contribution in [1.29, 1.82) is 0 Å². The molecule has 0 radical (unpaired) electrons. The molecule has 0 spiro atoms. The summed E-state index contributed by atoms with van der Waals surface area (Å²) < 4.78 is 50.3. The lowest BCUT2D eigenvalue weighted by atomic mass is 9.81. The highest BCUT2D eigenvalue weighted by molar-refractivity contribution is 5.64. The van der Waals surface area contributed by atoms with Gasteiger partial charge in [0.15, 0.2) is 0 Å². The van der Waals surface area contributed by atoms with Gasteiger partial charge in [0.1, 0.15) is 18.0 Å². The van der Waals surface area contributed by atoms with Crippen molar-refractivity contribution in [2.24, 2.45) is 0 Å². The fourth-order valence-electron chi connectivity index (χ4n) is 2.04. The van der Waals surface area contributed by atoms with Gasteiger partial charge in [-0.15, -0.1) is 13.2 Å². The fourth-order valence-corrected chi connectivity index (χ4v) is 2.04. The van der Waals surface area contributed by atoms with Gasteiger partial charge in [0.2, 0.25) is 0 Å². The van der Waals surface area contributed by atoms with Crippen LogP contribution in [0, 0.1) is 10.1 Å². The Bertz CT molecular complexity index is 582. The number of hydrogen-bond acceptors (Lipinski definition) is 6. The molecule has 1 aromatic carbocycles. The Balaban J connectivity index is 1.86. The lowest BCUT2D eigenvalue weighted by Gasteiger charge is -2.40. The van der Waals surface area contributed by atoms with Gasteiger partial charge >= 0.3 is 12.5 Å². The topological polar surface area (TPSA) is 87.9 Å². The third-order valence-electron chi connectivity index (χ3n) is 3.30. The number of halogens is 3. The highest BCUT2D eigenvalue weighted by atomic mass is 19.4. The van der Waals surface area contributed by atoms with Gasteiger partial charge in [-0.3, -0.25) is 14.9 Å². The van der Waals surface area contributed by atoms with E-state index in [0.29, 0.717) is 6.42 Å². The van der Waals surface area contributed by atoms with E-state index in [0.717, 1.165) is 12.1 Å². The van der Waals surface area contributed by atoms with Gasteiger partial charge in [-0.25, -0.2) is 4.79 Å². The fraction of sp³-hybridized carbons (Fsp3) is 0.462. The molecule has 1 aromatic rings. The minimum absolute atomic E-state index is 0.0278. The molecule has 10 heteroatoms. The molecule has 7 nitrogen and oxygen atoms in total. The molecule has 2 rings (SSSR count). The first-order chi connectivity index (χ1) is 10.7. The molecule has 0 bridgehead atoms. The molecule has 23 heavy (non-hydrogen) atoms. The summed E-state index contributed by atoms with van der Waals surface area (Å²) in [4.78, 5) is 21.3. The molecule has 0 amide bonds. The van der Waals surface area contributed by atoms with Gasteiger partial charge in [-0.1, -0.05) is 0 Å². The van der Waals surface area contributed by atoms with Crippen LogP contribution in [0.15, 0.2) is 24.3 Å². The van der Waals surface area contributed by atoms with Gasteiger partial charge in [-0.05, 0) is 31.4 Å². The van der Waals surface area contributed by atoms with Gasteiger partial charge in [0.05, 0.1) is 4.92 Å². The molecule has 1 saturated carbocycles. The number of carbonyl (C=O) groups is 1. The number of hydrogen-bond donors (Lipinski definition) is 0. The second kappa shape index (κ2) is 6.41. The molecule has 0 atom stereocenters. The lowest BCUT2D eigenvalue weighted by Crippen LogP contribution is -2.48. The molecule has 1 aliphatic carbocycles. The Hall–Kier alpha value is -2.36. The number of non-ortho nitro benzene ring substituents is 1. The standard InChI is InChI=1S/C13H12F3NO6/c14-13(15,16)23-12(6-1-7-12)8-21-11(18)22-10-4-2-9(3-5-10)17(19)20/h2-5H,1,6-8H2. The van der Waals surface area contributed by atoms with Crippen molar-refractivity contribution in [2.45, 2.75) is 31.2 Å². The largest absolute Gasteiger partial charge is 0.523 e. The second-order valence-corrected chi connectivity index (χ2v) is 4.98. The van der Waals surface area contributed by atoms with E-state index in [4.69, 9.17) is 4.74 Å². The Kier molecular flexibility index (Phi) is 4.73. The summed E-state index contributed by atoms with van der Waals surface area (Å²) in [5.41, 5.74) is -1.76. The summed E-state index contributed by atoms with van der Waals surface area (Å²) in [6.07, 6.45) is -5.24. The molecule has 126 valence electrons. The van der Waals surface area contributed by atoms with Crippen LogP contribution in [0.5, 0.6) is 5.75 Å². The van der Waals surface area contributed by atoms with Crippen LogP contribution in [0.3, 0.4) is 0 Å². The molecule has 1 fully saturated rings. The molecule has 0 unspecified atom stereocenters. The van der Waals surface area contributed by atoms with Gasteiger partial charge in [-0.2, -0.15) is 0 Å². The third-order valence-corrected chi connectivity index (χ3v) is 3.30. The zero-order valence-electron chi connectivity index (χ0n) is 11.7. The van der Waals surface area contributed by atoms with Crippen LogP contribution in [0.2, 0.25) is 0 Å². The number of carbonyl (C=O) groups excluding carboxylic acids is 1. The van der Waals surface area contributed by atoms with Gasteiger partial charge < -0.3 is 9.47 Å². The number of rotatable bonds is 5.